The molecule has 1 aliphatic heterocycles. The third-order valence-corrected chi connectivity index (χ3v) is 5.03. The predicted octanol–water partition coefficient (Wildman–Crippen LogP) is 4.82. The van der Waals surface area contributed by atoms with Gasteiger partial charge in [0, 0.05) is 18.8 Å². The van der Waals surface area contributed by atoms with E-state index in [0.29, 0.717) is 36.2 Å². The van der Waals surface area contributed by atoms with Crippen LogP contribution < -0.4 is 20.1 Å². The van der Waals surface area contributed by atoms with Gasteiger partial charge in [-0.2, -0.15) is 13.2 Å². The first-order valence-electron chi connectivity index (χ1n) is 9.94. The Morgan fingerprint density at radius 2 is 1.94 bits per heavy atom. The van der Waals surface area contributed by atoms with Crippen LogP contribution in [0.1, 0.15) is 34.4 Å². The van der Waals surface area contributed by atoms with Crippen molar-refractivity contribution in [2.24, 2.45) is 0 Å². The zero-order valence-electron chi connectivity index (χ0n) is 17.4. The Labute approximate surface area is 182 Å². The summed E-state index contributed by atoms with van der Waals surface area (Å²) in [5.74, 6) is 1.70. The van der Waals surface area contributed by atoms with Gasteiger partial charge in [0.1, 0.15) is 5.82 Å². The van der Waals surface area contributed by atoms with Crippen LogP contribution in [0.2, 0.25) is 0 Å². The van der Waals surface area contributed by atoms with Crippen LogP contribution in [0, 0.1) is 6.92 Å². The topological polar surface area (TPSA) is 77.4 Å². The number of amides is 1. The van der Waals surface area contributed by atoms with E-state index in [0.717, 1.165) is 17.7 Å². The van der Waals surface area contributed by atoms with Crippen molar-refractivity contribution in [3.8, 4) is 11.5 Å². The number of carbonyl (C=O) groups is 1. The first kappa shape index (κ1) is 21.5. The van der Waals surface area contributed by atoms with Crippen molar-refractivity contribution in [1.82, 2.24) is 9.55 Å². The zero-order valence-corrected chi connectivity index (χ0v) is 17.4. The van der Waals surface area contributed by atoms with Crippen LogP contribution in [0.4, 0.5) is 24.7 Å². The lowest BCUT2D eigenvalue weighted by molar-refractivity contribution is -0.137. The van der Waals surface area contributed by atoms with E-state index in [4.69, 9.17) is 9.47 Å². The fourth-order valence-electron chi connectivity index (χ4n) is 3.51. The summed E-state index contributed by atoms with van der Waals surface area (Å²) >= 11 is 0. The fraction of sp³-hybridized carbons (Fsp3) is 0.273. The number of halogens is 3. The lowest BCUT2D eigenvalue weighted by Gasteiger charge is -2.13. The first-order chi connectivity index (χ1) is 15.3. The summed E-state index contributed by atoms with van der Waals surface area (Å²) < 4.78 is 51.4. The van der Waals surface area contributed by atoms with E-state index in [1.54, 1.807) is 17.6 Å². The number of alkyl halides is 3. The van der Waals surface area contributed by atoms with E-state index >= 15 is 0 Å². The Kier molecular flexibility index (Phi) is 5.68. The Morgan fingerprint density at radius 1 is 1.16 bits per heavy atom. The van der Waals surface area contributed by atoms with Gasteiger partial charge in [0.15, 0.2) is 23.0 Å². The van der Waals surface area contributed by atoms with Crippen molar-refractivity contribution in [3.63, 3.8) is 0 Å². The summed E-state index contributed by atoms with van der Waals surface area (Å²) in [4.78, 5) is 17.5. The van der Waals surface area contributed by atoms with Gasteiger partial charge in [-0.05, 0) is 49.7 Å². The Hall–Kier alpha value is -3.69. The maximum Gasteiger partial charge on any atom is 0.416 e. The number of hydrogen-bond donors (Lipinski definition) is 2. The second kappa shape index (κ2) is 8.45. The monoisotopic (exact) mass is 446 g/mol. The highest BCUT2D eigenvalue weighted by Gasteiger charge is 2.31. The molecule has 4 rings (SSSR count). The van der Waals surface area contributed by atoms with E-state index in [1.165, 1.54) is 12.1 Å². The molecule has 2 N–H and O–H groups in total. The van der Waals surface area contributed by atoms with Gasteiger partial charge in [-0.1, -0.05) is 12.1 Å². The predicted molar refractivity (Wildman–Crippen MR) is 112 cm³/mol. The number of benzene rings is 2. The van der Waals surface area contributed by atoms with Crippen LogP contribution in [0.15, 0.2) is 42.5 Å². The van der Waals surface area contributed by atoms with Crippen molar-refractivity contribution in [2.45, 2.75) is 33.1 Å². The maximum atomic E-state index is 13.0. The number of hydrogen-bond acceptors (Lipinski definition) is 5. The second-order valence-electron chi connectivity index (χ2n) is 7.17. The number of anilines is 2. The molecule has 0 aliphatic carbocycles. The SMILES string of the molecule is CCn1c(C)nc(NCc2ccc3c(c2)OCO3)c1C(=O)Nc1cccc(C(F)(F)F)c1. The van der Waals surface area contributed by atoms with Crippen LogP contribution in [-0.4, -0.2) is 22.3 Å². The molecule has 0 saturated heterocycles. The standard InChI is InChI=1S/C22H21F3N4O3/c1-3-29-13(2)27-20(26-11-14-7-8-17-18(9-14)32-12-31-17)19(29)21(30)28-16-6-4-5-15(10-16)22(23,24)25/h4-10,26H,3,11-12H2,1-2H3,(H,28,30). The summed E-state index contributed by atoms with van der Waals surface area (Å²) in [6.45, 7) is 4.62. The van der Waals surface area contributed by atoms with Crippen LogP contribution >= 0.6 is 0 Å². The minimum atomic E-state index is -4.50. The molecule has 1 amide bonds. The Morgan fingerprint density at radius 3 is 2.69 bits per heavy atom. The molecule has 0 radical (unpaired) electrons. The maximum absolute atomic E-state index is 13.0. The minimum absolute atomic E-state index is 0.0491. The van der Waals surface area contributed by atoms with Gasteiger partial charge >= 0.3 is 6.18 Å². The van der Waals surface area contributed by atoms with Crippen LogP contribution in [0.25, 0.3) is 0 Å². The van der Waals surface area contributed by atoms with E-state index in [2.05, 4.69) is 15.6 Å². The molecule has 0 saturated carbocycles. The number of fused-ring (bicyclic) bond motifs is 1. The van der Waals surface area contributed by atoms with Crippen molar-refractivity contribution >= 4 is 17.4 Å². The van der Waals surface area contributed by atoms with E-state index < -0.39 is 17.6 Å². The highest BCUT2D eigenvalue weighted by molar-refractivity contribution is 6.06. The van der Waals surface area contributed by atoms with Gasteiger partial charge in [-0.3, -0.25) is 4.79 Å². The third-order valence-electron chi connectivity index (χ3n) is 5.03. The number of rotatable bonds is 6. The molecule has 10 heteroatoms. The number of nitrogens with one attached hydrogen (secondary N) is 2. The molecule has 0 fully saturated rings. The molecular formula is C22H21F3N4O3. The number of aromatic nitrogens is 2. The largest absolute Gasteiger partial charge is 0.454 e. The average molecular weight is 446 g/mol. The minimum Gasteiger partial charge on any atom is -0.454 e. The molecule has 2 heterocycles. The van der Waals surface area contributed by atoms with Crippen molar-refractivity contribution in [3.05, 3.63) is 65.1 Å². The molecule has 0 unspecified atom stereocenters. The van der Waals surface area contributed by atoms with Crippen LogP contribution in [0.3, 0.4) is 0 Å². The first-order valence-corrected chi connectivity index (χ1v) is 9.94. The van der Waals surface area contributed by atoms with Gasteiger partial charge in [-0.15, -0.1) is 0 Å². The van der Waals surface area contributed by atoms with Crippen LogP contribution in [-0.2, 0) is 19.3 Å². The highest BCUT2D eigenvalue weighted by Crippen LogP contribution is 2.33. The van der Waals surface area contributed by atoms with E-state index in [1.807, 2.05) is 19.1 Å². The van der Waals surface area contributed by atoms with E-state index in [-0.39, 0.29) is 18.2 Å². The molecule has 32 heavy (non-hydrogen) atoms. The number of nitrogens with zero attached hydrogens (tertiary/aromatic N) is 2. The Balaban J connectivity index is 1.56. The summed E-state index contributed by atoms with van der Waals surface area (Å²) in [7, 11) is 0. The Bertz CT molecular complexity index is 1160. The van der Waals surface area contributed by atoms with E-state index in [9.17, 15) is 18.0 Å². The van der Waals surface area contributed by atoms with Crippen molar-refractivity contribution in [1.29, 1.82) is 0 Å². The average Bonchev–Trinajstić information content (AvgIpc) is 3.34. The molecule has 0 spiro atoms. The quantitative estimate of drug-likeness (QED) is 0.568. The molecule has 3 aromatic rings. The summed E-state index contributed by atoms with van der Waals surface area (Å²) in [6, 6.07) is 10.0. The smallest absolute Gasteiger partial charge is 0.416 e. The summed E-state index contributed by atoms with van der Waals surface area (Å²) in [6.07, 6.45) is -4.50. The molecule has 1 aromatic heterocycles. The molecule has 168 valence electrons. The summed E-state index contributed by atoms with van der Waals surface area (Å²) in [5.41, 5.74) is 0.343. The van der Waals surface area contributed by atoms with Gasteiger partial charge in [0.2, 0.25) is 6.79 Å². The van der Waals surface area contributed by atoms with Gasteiger partial charge in [0.05, 0.1) is 5.56 Å². The lowest BCUT2D eigenvalue weighted by atomic mass is 10.2. The molecule has 7 nitrogen and oxygen atoms in total. The number of aryl methyl sites for hydroxylation is 1. The van der Waals surface area contributed by atoms with Crippen molar-refractivity contribution < 1.29 is 27.4 Å². The summed E-state index contributed by atoms with van der Waals surface area (Å²) in [5, 5.41) is 5.70. The lowest BCUT2D eigenvalue weighted by Crippen LogP contribution is -2.19. The molecule has 0 atom stereocenters. The molecule has 0 bridgehead atoms. The molecular weight excluding hydrogens is 425 g/mol. The van der Waals surface area contributed by atoms with Crippen molar-refractivity contribution in [2.75, 3.05) is 17.4 Å². The third kappa shape index (κ3) is 4.34. The second-order valence-corrected chi connectivity index (χ2v) is 7.17. The number of imidazole rings is 1. The van der Waals surface area contributed by atoms with Gasteiger partial charge in [-0.25, -0.2) is 4.98 Å². The fourth-order valence-corrected chi connectivity index (χ4v) is 3.51. The normalized spacial score (nSPS) is 12.7. The number of ether oxygens (including phenoxy) is 2. The number of carbonyl (C=O) groups excluding carboxylic acids is 1. The molecule has 2 aromatic carbocycles. The van der Waals surface area contributed by atoms with Gasteiger partial charge < -0.3 is 24.7 Å². The van der Waals surface area contributed by atoms with Crippen LogP contribution in [0.5, 0.6) is 11.5 Å². The zero-order chi connectivity index (χ0) is 22.9. The highest BCUT2D eigenvalue weighted by atomic mass is 19.4. The molecule has 1 aliphatic rings. The van der Waals surface area contributed by atoms with Gasteiger partial charge in [0.25, 0.3) is 5.91 Å².